The fraction of sp³-hybridized carbons (Fsp3) is 0.476. The molecule has 2 aliphatic heterocycles. The monoisotopic (exact) mass is 451 g/mol. The summed E-state index contributed by atoms with van der Waals surface area (Å²) in [5.74, 6) is -0.278. The van der Waals surface area contributed by atoms with Gasteiger partial charge in [-0.1, -0.05) is 18.6 Å². The lowest BCUT2D eigenvalue weighted by Crippen LogP contribution is -2.30. The first-order chi connectivity index (χ1) is 13.9. The number of fused-ring (bicyclic) bond motifs is 2. The van der Waals surface area contributed by atoms with Crippen LogP contribution in [0.2, 0.25) is 0 Å². The number of rotatable bonds is 6. The highest BCUT2D eigenvalue weighted by molar-refractivity contribution is 7.86. The Morgan fingerprint density at radius 1 is 1.17 bits per heavy atom. The predicted molar refractivity (Wildman–Crippen MR) is 113 cm³/mol. The summed E-state index contributed by atoms with van der Waals surface area (Å²) in [6.07, 6.45) is 3.34. The van der Waals surface area contributed by atoms with Crippen molar-refractivity contribution in [1.29, 1.82) is 0 Å². The quantitative estimate of drug-likeness (QED) is 0.410. The summed E-state index contributed by atoms with van der Waals surface area (Å²) in [5.41, 5.74) is 3.91. The molecule has 1 unspecified atom stereocenters. The predicted octanol–water partition coefficient (Wildman–Crippen LogP) is 3.12. The first kappa shape index (κ1) is 21.4. The summed E-state index contributed by atoms with van der Waals surface area (Å²) in [4.78, 5) is -0.200. The number of hydrogen-bond acceptors (Lipinski definition) is 5. The van der Waals surface area contributed by atoms with Crippen LogP contribution in [0.25, 0.3) is 10.8 Å². The second-order valence-corrected chi connectivity index (χ2v) is 11.4. The van der Waals surface area contributed by atoms with Crippen LogP contribution in [0.3, 0.4) is 0 Å². The van der Waals surface area contributed by atoms with Crippen LogP contribution in [-0.4, -0.2) is 48.5 Å². The molecule has 1 N–H and O–H groups in total. The lowest BCUT2D eigenvalue weighted by Gasteiger charge is -2.23. The summed E-state index contributed by atoms with van der Waals surface area (Å²) < 4.78 is 69.1. The van der Waals surface area contributed by atoms with E-state index in [-0.39, 0.29) is 10.6 Å². The molecule has 9 heteroatoms. The van der Waals surface area contributed by atoms with E-state index >= 15 is 0 Å². The van der Waals surface area contributed by atoms with Crippen molar-refractivity contribution >= 4 is 42.4 Å². The molecule has 0 saturated carbocycles. The zero-order valence-corrected chi connectivity index (χ0v) is 18.6. The number of aryl methyl sites for hydroxylation is 1. The van der Waals surface area contributed by atoms with Gasteiger partial charge in [0.2, 0.25) is 5.69 Å². The molecule has 0 amide bonds. The molecule has 30 heavy (non-hydrogen) atoms. The molecule has 0 aliphatic carbocycles. The van der Waals surface area contributed by atoms with Crippen LogP contribution in [0.5, 0.6) is 0 Å². The van der Waals surface area contributed by atoms with Crippen LogP contribution in [0.1, 0.15) is 50.7 Å². The minimum absolute atomic E-state index is 0.200. The van der Waals surface area contributed by atoms with E-state index in [1.54, 1.807) is 6.07 Å². The molecule has 2 aromatic carbocycles. The minimum Gasteiger partial charge on any atom is -0.744 e. The molecule has 0 bridgehead atoms. The summed E-state index contributed by atoms with van der Waals surface area (Å²) in [7, 11) is -8.62. The highest BCUT2D eigenvalue weighted by atomic mass is 32.2. The molecule has 162 valence electrons. The van der Waals surface area contributed by atoms with Gasteiger partial charge in [0.15, 0.2) is 5.71 Å². The van der Waals surface area contributed by atoms with Gasteiger partial charge < -0.3 is 4.55 Å². The normalized spacial score (nSPS) is 21.3. The topological polar surface area (TPSA) is 115 Å². The molecule has 0 fully saturated rings. The highest BCUT2D eigenvalue weighted by Crippen LogP contribution is 2.49. The fourth-order valence-corrected chi connectivity index (χ4v) is 6.34. The fourth-order valence-electron chi connectivity index (χ4n) is 5.09. The number of benzene rings is 2. The second kappa shape index (κ2) is 7.12. The summed E-state index contributed by atoms with van der Waals surface area (Å²) in [6.45, 7) is 5.02. The van der Waals surface area contributed by atoms with Gasteiger partial charge in [0.25, 0.3) is 10.1 Å². The van der Waals surface area contributed by atoms with Crippen molar-refractivity contribution in [3.05, 3.63) is 35.4 Å². The van der Waals surface area contributed by atoms with E-state index in [1.807, 2.05) is 12.1 Å². The molecular weight excluding hydrogens is 426 g/mol. The standard InChI is InChI=1S/C21H25NO6S2/c1-14-21(2,10-3-4-12-29(23,24)25)18-13-17-15(7-5-9-19(17)30(26,27)28)16-8-6-11-22(14)20(16)18/h5,7,9,13H,3-4,6,8,10-12H2,1-2H3,(H-,23,24,25,26,27,28). The average Bonchev–Trinajstić information content (AvgIpc) is 2.87. The molecule has 4 rings (SSSR count). The highest BCUT2D eigenvalue weighted by Gasteiger charge is 2.48. The first-order valence-electron chi connectivity index (χ1n) is 10.1. The Morgan fingerprint density at radius 3 is 2.57 bits per heavy atom. The van der Waals surface area contributed by atoms with Crippen LogP contribution in [-0.2, 0) is 32.1 Å². The van der Waals surface area contributed by atoms with E-state index in [1.165, 1.54) is 6.07 Å². The lowest BCUT2D eigenvalue weighted by molar-refractivity contribution is -0.444. The van der Waals surface area contributed by atoms with Crippen LogP contribution < -0.4 is 0 Å². The third-order valence-corrected chi connectivity index (χ3v) is 8.39. The van der Waals surface area contributed by atoms with Crippen molar-refractivity contribution in [3.63, 3.8) is 0 Å². The van der Waals surface area contributed by atoms with Crippen molar-refractivity contribution < 1.29 is 30.5 Å². The Balaban J connectivity index is 1.88. The zero-order valence-electron chi connectivity index (χ0n) is 17.0. The molecule has 0 radical (unpaired) electrons. The summed E-state index contributed by atoms with van der Waals surface area (Å²) in [5, 5.41) is 1.26. The van der Waals surface area contributed by atoms with Gasteiger partial charge in [-0.25, -0.2) is 8.42 Å². The van der Waals surface area contributed by atoms with Crippen LogP contribution in [0.15, 0.2) is 29.2 Å². The van der Waals surface area contributed by atoms with Gasteiger partial charge >= 0.3 is 0 Å². The number of unbranched alkanes of at least 4 members (excludes halogenated alkanes) is 1. The van der Waals surface area contributed by atoms with E-state index in [9.17, 15) is 21.4 Å². The molecule has 2 aromatic rings. The molecule has 0 aromatic heterocycles. The van der Waals surface area contributed by atoms with Gasteiger partial charge in [-0.3, -0.25) is 4.55 Å². The third kappa shape index (κ3) is 3.47. The van der Waals surface area contributed by atoms with Gasteiger partial charge in [-0.15, -0.1) is 0 Å². The van der Waals surface area contributed by atoms with Gasteiger partial charge in [0.1, 0.15) is 16.7 Å². The second-order valence-electron chi connectivity index (χ2n) is 8.47. The average molecular weight is 452 g/mol. The van der Waals surface area contributed by atoms with E-state index in [0.717, 1.165) is 47.3 Å². The maximum atomic E-state index is 11.9. The van der Waals surface area contributed by atoms with Crippen molar-refractivity contribution in [2.24, 2.45) is 0 Å². The van der Waals surface area contributed by atoms with E-state index in [4.69, 9.17) is 4.55 Å². The van der Waals surface area contributed by atoms with Gasteiger partial charge in [0.05, 0.1) is 16.1 Å². The molecule has 0 spiro atoms. The SMILES string of the molecule is CC1=[N+]2CCCc3c2c(cc2c(S(=O)(=O)[O-])cccc32)C1(C)CCCCS(=O)(=O)O. The Morgan fingerprint density at radius 2 is 1.90 bits per heavy atom. The number of nitrogens with zero attached hydrogens (tertiary/aromatic N) is 1. The third-order valence-electron chi connectivity index (χ3n) is 6.70. The molecule has 2 heterocycles. The van der Waals surface area contributed by atoms with Crippen LogP contribution in [0.4, 0.5) is 5.69 Å². The Labute approximate surface area is 176 Å². The molecule has 2 aliphatic rings. The van der Waals surface area contributed by atoms with E-state index in [0.29, 0.717) is 24.6 Å². The lowest BCUT2D eigenvalue weighted by atomic mass is 9.74. The maximum absolute atomic E-state index is 11.9. The van der Waals surface area contributed by atoms with Gasteiger partial charge in [-0.05, 0) is 43.7 Å². The van der Waals surface area contributed by atoms with Gasteiger partial charge in [-0.2, -0.15) is 13.0 Å². The Bertz CT molecular complexity index is 1290. The minimum atomic E-state index is -4.62. The van der Waals surface area contributed by atoms with Crippen molar-refractivity contribution in [2.45, 2.75) is 56.3 Å². The Kier molecular flexibility index (Phi) is 5.08. The molecule has 7 nitrogen and oxygen atoms in total. The van der Waals surface area contributed by atoms with Crippen LogP contribution in [0, 0.1) is 0 Å². The van der Waals surface area contributed by atoms with E-state index in [2.05, 4.69) is 18.4 Å². The first-order valence-corrected chi connectivity index (χ1v) is 13.1. The molecule has 0 saturated heterocycles. The summed E-state index contributed by atoms with van der Waals surface area (Å²) in [6, 6.07) is 6.70. The summed E-state index contributed by atoms with van der Waals surface area (Å²) >= 11 is 0. The molecular formula is C21H25NO6S2. The molecule has 1 atom stereocenters. The smallest absolute Gasteiger partial charge is 0.264 e. The Hall–Kier alpha value is -1.81. The van der Waals surface area contributed by atoms with Crippen molar-refractivity contribution in [2.75, 3.05) is 12.3 Å². The van der Waals surface area contributed by atoms with Crippen molar-refractivity contribution in [1.82, 2.24) is 0 Å². The largest absolute Gasteiger partial charge is 0.744 e. The number of hydrogen-bond donors (Lipinski definition) is 1. The van der Waals surface area contributed by atoms with Crippen LogP contribution >= 0.6 is 0 Å². The van der Waals surface area contributed by atoms with Crippen molar-refractivity contribution in [3.8, 4) is 0 Å². The maximum Gasteiger partial charge on any atom is 0.264 e. The zero-order chi connectivity index (χ0) is 21.9. The van der Waals surface area contributed by atoms with Gasteiger partial charge in [0, 0.05) is 29.9 Å². The van der Waals surface area contributed by atoms with E-state index < -0.39 is 25.7 Å².